The maximum absolute atomic E-state index is 10.9. The van der Waals surface area contributed by atoms with Crippen molar-refractivity contribution >= 4 is 22.8 Å². The number of thiophene rings is 1. The third-order valence-corrected chi connectivity index (χ3v) is 5.61. The molecule has 1 fully saturated rings. The van der Waals surface area contributed by atoms with Crippen LogP contribution >= 0.6 is 11.3 Å². The molecule has 0 spiro atoms. The molecule has 128 valence electrons. The Morgan fingerprint density at radius 1 is 1.54 bits per heavy atom. The van der Waals surface area contributed by atoms with Crippen molar-refractivity contribution in [1.82, 2.24) is 9.88 Å². The van der Waals surface area contributed by atoms with Crippen LogP contribution < -0.4 is 5.32 Å². The van der Waals surface area contributed by atoms with Crippen LogP contribution in [0.5, 0.6) is 0 Å². The summed E-state index contributed by atoms with van der Waals surface area (Å²) < 4.78 is 0. The first-order valence-corrected chi connectivity index (χ1v) is 9.03. The van der Waals surface area contributed by atoms with Crippen LogP contribution in [-0.4, -0.2) is 34.9 Å². The Hall–Kier alpha value is -1.99. The molecule has 0 radical (unpaired) electrons. The monoisotopic (exact) mass is 346 g/mol. The standard InChI is InChI=1S/C17H22N4O2S/c1-12-9-16(19-11-14(12)21(22)23)18-10-13-5-3-7-20(2)17(13)15-6-4-8-24-15/h4,6,8-9,11,13,17H,3,5,7,10H2,1-2H3,(H,18,19). The highest BCUT2D eigenvalue weighted by molar-refractivity contribution is 7.10. The van der Waals surface area contributed by atoms with Gasteiger partial charge in [-0.1, -0.05) is 6.07 Å². The molecule has 0 bridgehead atoms. The van der Waals surface area contributed by atoms with Gasteiger partial charge in [0.15, 0.2) is 0 Å². The molecular weight excluding hydrogens is 324 g/mol. The van der Waals surface area contributed by atoms with Crippen LogP contribution in [0.15, 0.2) is 29.8 Å². The number of nitrogens with one attached hydrogen (secondary N) is 1. The molecule has 2 aromatic heterocycles. The van der Waals surface area contributed by atoms with Gasteiger partial charge in [0.2, 0.25) is 0 Å². The van der Waals surface area contributed by atoms with Gasteiger partial charge in [0.25, 0.3) is 5.69 Å². The normalized spacial score (nSPS) is 21.6. The Labute approximate surface area is 145 Å². The smallest absolute Gasteiger partial charge is 0.290 e. The summed E-state index contributed by atoms with van der Waals surface area (Å²) in [7, 11) is 2.19. The molecule has 0 saturated carbocycles. The number of anilines is 1. The van der Waals surface area contributed by atoms with Crippen LogP contribution in [0.2, 0.25) is 0 Å². The Morgan fingerprint density at radius 3 is 3.04 bits per heavy atom. The quantitative estimate of drug-likeness (QED) is 0.657. The lowest BCUT2D eigenvalue weighted by molar-refractivity contribution is -0.385. The van der Waals surface area contributed by atoms with Crippen LogP contribution in [-0.2, 0) is 0 Å². The number of pyridine rings is 1. The van der Waals surface area contributed by atoms with E-state index in [0.717, 1.165) is 13.1 Å². The van der Waals surface area contributed by atoms with E-state index < -0.39 is 4.92 Å². The van der Waals surface area contributed by atoms with Crippen LogP contribution in [0.3, 0.4) is 0 Å². The summed E-state index contributed by atoms with van der Waals surface area (Å²) in [5.41, 5.74) is 0.697. The minimum absolute atomic E-state index is 0.0643. The number of aromatic nitrogens is 1. The Balaban J connectivity index is 1.70. The molecule has 0 aliphatic carbocycles. The summed E-state index contributed by atoms with van der Waals surface area (Å²) in [6, 6.07) is 6.49. The Morgan fingerprint density at radius 2 is 2.38 bits per heavy atom. The van der Waals surface area contributed by atoms with Gasteiger partial charge < -0.3 is 5.32 Å². The fraction of sp³-hybridized carbons (Fsp3) is 0.471. The van der Waals surface area contributed by atoms with Crippen LogP contribution in [0, 0.1) is 23.0 Å². The minimum Gasteiger partial charge on any atom is -0.370 e. The van der Waals surface area contributed by atoms with Gasteiger partial charge in [-0.15, -0.1) is 11.3 Å². The second kappa shape index (κ2) is 7.27. The lowest BCUT2D eigenvalue weighted by atomic mass is 9.88. The van der Waals surface area contributed by atoms with E-state index >= 15 is 0 Å². The average molecular weight is 346 g/mol. The lowest BCUT2D eigenvalue weighted by Crippen LogP contribution is -2.38. The van der Waals surface area contributed by atoms with Gasteiger partial charge in [0.05, 0.1) is 4.92 Å². The molecule has 2 unspecified atom stereocenters. The number of nitrogens with zero attached hydrogens (tertiary/aromatic N) is 3. The first kappa shape index (κ1) is 16.9. The van der Waals surface area contributed by atoms with Crippen molar-refractivity contribution in [3.63, 3.8) is 0 Å². The zero-order chi connectivity index (χ0) is 17.1. The number of likely N-dealkylation sites (tertiary alicyclic amines) is 1. The first-order valence-electron chi connectivity index (χ1n) is 8.15. The highest BCUT2D eigenvalue weighted by atomic mass is 32.1. The second-order valence-corrected chi connectivity index (χ2v) is 7.32. The molecule has 3 rings (SSSR count). The molecule has 0 aromatic carbocycles. The molecule has 1 aliphatic heterocycles. The number of nitro groups is 1. The molecule has 1 aliphatic rings. The summed E-state index contributed by atoms with van der Waals surface area (Å²) in [5, 5.41) is 16.4. The van der Waals surface area contributed by atoms with E-state index in [0.29, 0.717) is 23.3 Å². The third kappa shape index (κ3) is 3.57. The molecule has 6 nitrogen and oxygen atoms in total. The minimum atomic E-state index is -0.394. The summed E-state index contributed by atoms with van der Waals surface area (Å²) in [4.78, 5) is 18.5. The predicted molar refractivity (Wildman–Crippen MR) is 96.5 cm³/mol. The first-order chi connectivity index (χ1) is 11.6. The van der Waals surface area contributed by atoms with Gasteiger partial charge in [0.1, 0.15) is 12.0 Å². The van der Waals surface area contributed by atoms with E-state index in [-0.39, 0.29) is 5.69 Å². The summed E-state index contributed by atoms with van der Waals surface area (Å²) >= 11 is 1.81. The average Bonchev–Trinajstić information content (AvgIpc) is 3.06. The van der Waals surface area contributed by atoms with E-state index in [2.05, 4.69) is 39.8 Å². The molecule has 3 heterocycles. The topological polar surface area (TPSA) is 71.3 Å². The number of piperidine rings is 1. The maximum atomic E-state index is 10.9. The fourth-order valence-corrected chi connectivity index (χ4v) is 4.44. The van der Waals surface area contributed by atoms with E-state index in [4.69, 9.17) is 0 Å². The molecule has 1 N–H and O–H groups in total. The molecule has 24 heavy (non-hydrogen) atoms. The maximum Gasteiger partial charge on any atom is 0.290 e. The van der Waals surface area contributed by atoms with E-state index in [1.807, 2.05) is 0 Å². The Bertz CT molecular complexity index is 705. The van der Waals surface area contributed by atoms with Crippen molar-refractivity contribution in [2.45, 2.75) is 25.8 Å². The SMILES string of the molecule is Cc1cc(NCC2CCCN(C)C2c2cccs2)ncc1[N+](=O)[O-]. The van der Waals surface area contributed by atoms with Crippen molar-refractivity contribution in [2.75, 3.05) is 25.5 Å². The molecule has 1 saturated heterocycles. The van der Waals surface area contributed by atoms with Crippen molar-refractivity contribution in [3.8, 4) is 0 Å². The van der Waals surface area contributed by atoms with Crippen molar-refractivity contribution in [1.29, 1.82) is 0 Å². The van der Waals surface area contributed by atoms with E-state index in [9.17, 15) is 10.1 Å². The summed E-state index contributed by atoms with van der Waals surface area (Å²) in [5.74, 6) is 1.20. The van der Waals surface area contributed by atoms with Gasteiger partial charge >= 0.3 is 0 Å². The van der Waals surface area contributed by atoms with Crippen LogP contribution in [0.25, 0.3) is 0 Å². The zero-order valence-corrected chi connectivity index (χ0v) is 14.8. The second-order valence-electron chi connectivity index (χ2n) is 6.34. The third-order valence-electron chi connectivity index (χ3n) is 4.67. The van der Waals surface area contributed by atoms with Gasteiger partial charge in [-0.3, -0.25) is 15.0 Å². The number of hydrogen-bond donors (Lipinski definition) is 1. The number of aryl methyl sites for hydroxylation is 1. The largest absolute Gasteiger partial charge is 0.370 e. The highest BCUT2D eigenvalue weighted by Crippen LogP contribution is 2.37. The highest BCUT2D eigenvalue weighted by Gasteiger charge is 2.31. The van der Waals surface area contributed by atoms with Gasteiger partial charge in [-0.2, -0.15) is 0 Å². The fourth-order valence-electron chi connectivity index (χ4n) is 3.45. The van der Waals surface area contributed by atoms with Gasteiger partial charge in [-0.25, -0.2) is 4.98 Å². The molecule has 2 atom stereocenters. The summed E-state index contributed by atoms with van der Waals surface area (Å²) in [6.45, 7) is 3.68. The predicted octanol–water partition coefficient (Wildman–Crippen LogP) is 3.85. The van der Waals surface area contributed by atoms with Crippen LogP contribution in [0.1, 0.15) is 29.3 Å². The van der Waals surface area contributed by atoms with Gasteiger partial charge in [0, 0.05) is 23.0 Å². The van der Waals surface area contributed by atoms with E-state index in [1.165, 1.54) is 23.9 Å². The van der Waals surface area contributed by atoms with Crippen molar-refractivity contribution in [3.05, 3.63) is 50.3 Å². The summed E-state index contributed by atoms with van der Waals surface area (Å²) in [6.07, 6.45) is 3.70. The van der Waals surface area contributed by atoms with Gasteiger partial charge in [-0.05, 0) is 56.8 Å². The molecular formula is C17H22N4O2S. The molecule has 7 heteroatoms. The van der Waals surface area contributed by atoms with Crippen molar-refractivity contribution < 1.29 is 4.92 Å². The Kier molecular flexibility index (Phi) is 5.11. The van der Waals surface area contributed by atoms with Crippen molar-refractivity contribution in [2.24, 2.45) is 5.92 Å². The number of rotatable bonds is 5. The lowest BCUT2D eigenvalue weighted by Gasteiger charge is -2.39. The zero-order valence-electron chi connectivity index (χ0n) is 13.9. The molecule has 2 aromatic rings. The van der Waals surface area contributed by atoms with Crippen LogP contribution in [0.4, 0.5) is 11.5 Å². The van der Waals surface area contributed by atoms with E-state index in [1.54, 1.807) is 24.3 Å². The number of hydrogen-bond acceptors (Lipinski definition) is 6. The molecule has 0 amide bonds.